The molecule has 0 radical (unpaired) electrons. The van der Waals surface area contributed by atoms with Gasteiger partial charge < -0.3 is 5.73 Å². The van der Waals surface area contributed by atoms with Gasteiger partial charge in [0.1, 0.15) is 0 Å². The molecule has 0 bridgehead atoms. The van der Waals surface area contributed by atoms with Crippen LogP contribution in [0.3, 0.4) is 0 Å². The molecule has 0 saturated carbocycles. The normalized spacial score (nSPS) is 10.4. The van der Waals surface area contributed by atoms with Gasteiger partial charge in [-0.3, -0.25) is 0 Å². The summed E-state index contributed by atoms with van der Waals surface area (Å²) in [5.74, 6) is 0. The first kappa shape index (κ1) is 11.5. The Hall–Kier alpha value is -1.02. The van der Waals surface area contributed by atoms with Crippen molar-refractivity contribution in [2.45, 2.75) is 6.54 Å². The van der Waals surface area contributed by atoms with Crippen molar-refractivity contribution in [2.75, 3.05) is 0 Å². The summed E-state index contributed by atoms with van der Waals surface area (Å²) in [6.45, 7) is 0.446. The van der Waals surface area contributed by atoms with Crippen LogP contribution in [0.15, 0.2) is 42.5 Å². The number of hydrogen-bond donors (Lipinski definition) is 1. The zero-order valence-corrected chi connectivity index (χ0v) is 10.1. The Morgan fingerprint density at radius 1 is 0.938 bits per heavy atom. The average Bonchev–Trinajstić information content (AvgIpc) is 2.29. The van der Waals surface area contributed by atoms with Gasteiger partial charge in [0.05, 0.1) is 0 Å². The van der Waals surface area contributed by atoms with E-state index in [4.69, 9.17) is 28.9 Å². The monoisotopic (exact) mass is 251 g/mol. The molecule has 16 heavy (non-hydrogen) atoms. The fourth-order valence-electron chi connectivity index (χ4n) is 1.58. The fraction of sp³-hybridized carbons (Fsp3) is 0.0769. The molecule has 2 rings (SSSR count). The zero-order valence-electron chi connectivity index (χ0n) is 8.58. The predicted octanol–water partition coefficient (Wildman–Crippen LogP) is 4.12. The molecule has 0 aliphatic rings. The second-order valence-electron chi connectivity index (χ2n) is 3.49. The Bertz CT molecular complexity index is 509. The summed E-state index contributed by atoms with van der Waals surface area (Å²) < 4.78 is 0. The molecule has 0 atom stereocenters. The topological polar surface area (TPSA) is 26.0 Å². The van der Waals surface area contributed by atoms with Gasteiger partial charge in [0.25, 0.3) is 0 Å². The largest absolute Gasteiger partial charge is 0.326 e. The third kappa shape index (κ3) is 2.22. The highest BCUT2D eigenvalue weighted by Gasteiger charge is 2.05. The van der Waals surface area contributed by atoms with Gasteiger partial charge in [-0.1, -0.05) is 53.5 Å². The van der Waals surface area contributed by atoms with E-state index in [1.165, 1.54) is 0 Å². The maximum absolute atomic E-state index is 6.12. The van der Waals surface area contributed by atoms with E-state index in [-0.39, 0.29) is 0 Å². The molecule has 0 fully saturated rings. The van der Waals surface area contributed by atoms with Crippen molar-refractivity contribution in [1.29, 1.82) is 0 Å². The number of hydrogen-bond acceptors (Lipinski definition) is 1. The van der Waals surface area contributed by atoms with Crippen LogP contribution in [0.4, 0.5) is 0 Å². The van der Waals surface area contributed by atoms with Crippen LogP contribution < -0.4 is 5.73 Å². The molecule has 0 amide bonds. The molecule has 0 aliphatic carbocycles. The number of nitrogens with two attached hydrogens (primary N) is 1. The summed E-state index contributed by atoms with van der Waals surface area (Å²) in [6, 6.07) is 13.5. The molecule has 2 aromatic rings. The van der Waals surface area contributed by atoms with Crippen LogP contribution in [0.5, 0.6) is 0 Å². The second-order valence-corrected chi connectivity index (χ2v) is 4.30. The van der Waals surface area contributed by atoms with Crippen LogP contribution in [0.2, 0.25) is 10.0 Å². The van der Waals surface area contributed by atoms with Crippen LogP contribution in [-0.2, 0) is 6.54 Å². The van der Waals surface area contributed by atoms with Gasteiger partial charge in [-0.25, -0.2) is 0 Å². The Morgan fingerprint density at radius 2 is 1.69 bits per heavy atom. The summed E-state index contributed by atoms with van der Waals surface area (Å²) in [5.41, 5.74) is 8.49. The summed E-state index contributed by atoms with van der Waals surface area (Å²) in [7, 11) is 0. The van der Waals surface area contributed by atoms with Gasteiger partial charge >= 0.3 is 0 Å². The van der Waals surface area contributed by atoms with E-state index in [1.807, 2.05) is 42.5 Å². The van der Waals surface area contributed by atoms with E-state index < -0.39 is 0 Å². The van der Waals surface area contributed by atoms with E-state index in [2.05, 4.69) is 0 Å². The minimum absolute atomic E-state index is 0.446. The molecule has 0 heterocycles. The van der Waals surface area contributed by atoms with Gasteiger partial charge in [0, 0.05) is 22.2 Å². The minimum atomic E-state index is 0.446. The molecule has 0 saturated heterocycles. The number of benzene rings is 2. The second kappa shape index (κ2) is 4.88. The maximum Gasteiger partial charge on any atom is 0.0484 e. The lowest BCUT2D eigenvalue weighted by Gasteiger charge is -2.07. The summed E-state index contributed by atoms with van der Waals surface area (Å²) in [6.07, 6.45) is 0. The van der Waals surface area contributed by atoms with E-state index in [9.17, 15) is 0 Å². The molecular weight excluding hydrogens is 241 g/mol. The van der Waals surface area contributed by atoms with Crippen molar-refractivity contribution < 1.29 is 0 Å². The van der Waals surface area contributed by atoms with E-state index >= 15 is 0 Å². The van der Waals surface area contributed by atoms with Crippen LogP contribution in [0, 0.1) is 0 Å². The van der Waals surface area contributed by atoms with E-state index in [1.54, 1.807) is 0 Å². The van der Waals surface area contributed by atoms with Crippen molar-refractivity contribution in [3.05, 3.63) is 58.1 Å². The van der Waals surface area contributed by atoms with Crippen molar-refractivity contribution in [1.82, 2.24) is 0 Å². The highest BCUT2D eigenvalue weighted by molar-refractivity contribution is 6.34. The fourth-order valence-corrected chi connectivity index (χ4v) is 2.08. The first-order chi connectivity index (χ1) is 7.72. The summed E-state index contributed by atoms with van der Waals surface area (Å²) in [5, 5.41) is 1.40. The molecule has 2 N–H and O–H groups in total. The van der Waals surface area contributed by atoms with Crippen molar-refractivity contribution in [3.8, 4) is 11.1 Å². The molecule has 0 aliphatic heterocycles. The van der Waals surface area contributed by atoms with Crippen LogP contribution in [0.1, 0.15) is 5.56 Å². The van der Waals surface area contributed by atoms with E-state index in [0.717, 1.165) is 21.7 Å². The molecule has 3 heteroatoms. The maximum atomic E-state index is 6.12. The lowest BCUT2D eigenvalue weighted by molar-refractivity contribution is 1.07. The third-order valence-corrected chi connectivity index (χ3v) is 3.14. The SMILES string of the molecule is NCc1ccc(-c2ccccc2Cl)cc1Cl. The van der Waals surface area contributed by atoms with Crippen LogP contribution in [-0.4, -0.2) is 0 Å². The molecule has 2 aromatic carbocycles. The number of halogens is 2. The lowest BCUT2D eigenvalue weighted by atomic mass is 10.0. The third-order valence-electron chi connectivity index (χ3n) is 2.46. The molecule has 0 aromatic heterocycles. The van der Waals surface area contributed by atoms with E-state index in [0.29, 0.717) is 11.6 Å². The summed E-state index contributed by atoms with van der Waals surface area (Å²) in [4.78, 5) is 0. The van der Waals surface area contributed by atoms with Gasteiger partial charge in [0.15, 0.2) is 0 Å². The van der Waals surface area contributed by atoms with Gasteiger partial charge in [0.2, 0.25) is 0 Å². The van der Waals surface area contributed by atoms with Crippen LogP contribution >= 0.6 is 23.2 Å². The average molecular weight is 252 g/mol. The standard InChI is InChI=1S/C13H11Cl2N/c14-12-4-2-1-3-11(12)9-5-6-10(8-16)13(15)7-9/h1-7H,8,16H2. The van der Waals surface area contributed by atoms with Gasteiger partial charge in [-0.15, -0.1) is 0 Å². The quantitative estimate of drug-likeness (QED) is 0.854. The molecule has 82 valence electrons. The minimum Gasteiger partial charge on any atom is -0.326 e. The first-order valence-corrected chi connectivity index (χ1v) is 5.71. The van der Waals surface area contributed by atoms with Gasteiger partial charge in [-0.05, 0) is 23.3 Å². The highest BCUT2D eigenvalue weighted by atomic mass is 35.5. The Balaban J connectivity index is 2.50. The number of rotatable bonds is 2. The molecule has 0 spiro atoms. The van der Waals surface area contributed by atoms with Crippen molar-refractivity contribution in [2.24, 2.45) is 5.73 Å². The molecular formula is C13H11Cl2N. The first-order valence-electron chi connectivity index (χ1n) is 4.96. The van der Waals surface area contributed by atoms with Gasteiger partial charge in [-0.2, -0.15) is 0 Å². The highest BCUT2D eigenvalue weighted by Crippen LogP contribution is 2.30. The van der Waals surface area contributed by atoms with Crippen molar-refractivity contribution in [3.63, 3.8) is 0 Å². The van der Waals surface area contributed by atoms with Crippen molar-refractivity contribution >= 4 is 23.2 Å². The Kier molecular flexibility index (Phi) is 3.49. The zero-order chi connectivity index (χ0) is 11.5. The predicted molar refractivity (Wildman–Crippen MR) is 69.8 cm³/mol. The Labute approximate surface area is 105 Å². The molecule has 1 nitrogen and oxygen atoms in total. The summed E-state index contributed by atoms with van der Waals surface area (Å²) >= 11 is 12.2. The lowest BCUT2D eigenvalue weighted by Crippen LogP contribution is -1.96. The molecule has 0 unspecified atom stereocenters. The Morgan fingerprint density at radius 3 is 2.31 bits per heavy atom. The smallest absolute Gasteiger partial charge is 0.0484 e. The van der Waals surface area contributed by atoms with Crippen LogP contribution in [0.25, 0.3) is 11.1 Å².